The fourth-order valence-electron chi connectivity index (χ4n) is 2.50. The van der Waals surface area contributed by atoms with Gasteiger partial charge in [-0.3, -0.25) is 4.68 Å². The van der Waals surface area contributed by atoms with Crippen molar-refractivity contribution in [1.82, 2.24) is 20.0 Å². The molecule has 1 N–H and O–H groups in total. The molecule has 0 spiro atoms. The average Bonchev–Trinajstić information content (AvgIpc) is 2.78. The summed E-state index contributed by atoms with van der Waals surface area (Å²) in [6.45, 7) is 7.69. The van der Waals surface area contributed by atoms with Crippen LogP contribution in [0.25, 0.3) is 0 Å². The van der Waals surface area contributed by atoms with E-state index in [0.717, 1.165) is 19.4 Å². The third kappa shape index (κ3) is 2.93. The minimum Gasteiger partial charge on any atom is -0.311 e. The molecule has 18 heavy (non-hydrogen) atoms. The van der Waals surface area contributed by atoms with Crippen molar-refractivity contribution in [2.75, 3.05) is 21.1 Å². The molecule has 0 aliphatic carbocycles. The Kier molecular flexibility index (Phi) is 5.35. The van der Waals surface area contributed by atoms with Crippen molar-refractivity contribution in [2.24, 2.45) is 0 Å². The van der Waals surface area contributed by atoms with Gasteiger partial charge in [0.25, 0.3) is 0 Å². The Morgan fingerprint density at radius 3 is 2.56 bits per heavy atom. The first-order valence-electron chi connectivity index (χ1n) is 6.86. The summed E-state index contributed by atoms with van der Waals surface area (Å²) < 4.78 is 2.03. The van der Waals surface area contributed by atoms with Crippen LogP contribution in [0.4, 0.5) is 0 Å². The Bertz CT molecular complexity index is 358. The van der Waals surface area contributed by atoms with Gasteiger partial charge in [0.1, 0.15) is 0 Å². The highest BCUT2D eigenvalue weighted by Gasteiger charge is 2.35. The van der Waals surface area contributed by atoms with Crippen LogP contribution in [0, 0.1) is 0 Å². The lowest BCUT2D eigenvalue weighted by Crippen LogP contribution is -2.50. The van der Waals surface area contributed by atoms with Gasteiger partial charge in [0.05, 0.1) is 12.2 Å². The largest absolute Gasteiger partial charge is 0.311 e. The van der Waals surface area contributed by atoms with Crippen LogP contribution in [0.15, 0.2) is 12.4 Å². The van der Waals surface area contributed by atoms with Crippen molar-refractivity contribution in [3.63, 3.8) is 0 Å². The van der Waals surface area contributed by atoms with Crippen LogP contribution in [0.2, 0.25) is 0 Å². The fourth-order valence-corrected chi connectivity index (χ4v) is 2.50. The predicted octanol–water partition coefficient (Wildman–Crippen LogP) is 2.28. The van der Waals surface area contributed by atoms with E-state index in [1.807, 2.05) is 17.9 Å². The Morgan fingerprint density at radius 2 is 2.11 bits per heavy atom. The van der Waals surface area contributed by atoms with Crippen molar-refractivity contribution in [2.45, 2.75) is 51.7 Å². The van der Waals surface area contributed by atoms with Gasteiger partial charge in [-0.05, 0) is 40.9 Å². The highest BCUT2D eigenvalue weighted by Crippen LogP contribution is 2.32. The Morgan fingerprint density at radius 1 is 1.44 bits per heavy atom. The molecule has 104 valence electrons. The number of hydrogen-bond acceptors (Lipinski definition) is 3. The molecule has 1 heterocycles. The van der Waals surface area contributed by atoms with E-state index in [-0.39, 0.29) is 5.54 Å². The lowest BCUT2D eigenvalue weighted by molar-refractivity contribution is 0.117. The van der Waals surface area contributed by atoms with E-state index in [1.165, 1.54) is 5.56 Å². The number of aryl methyl sites for hydroxylation is 1. The molecule has 0 amide bonds. The molecule has 2 unspecified atom stereocenters. The van der Waals surface area contributed by atoms with E-state index in [9.17, 15) is 0 Å². The standard InChI is InChI=1S/C14H28N4/c1-7-9-18-11-12(10-16-18)13(15-4)14(3,8-2)17(5)6/h10-11,13,15H,7-9H2,1-6H3. The average molecular weight is 252 g/mol. The second-order valence-electron chi connectivity index (χ2n) is 5.36. The summed E-state index contributed by atoms with van der Waals surface area (Å²) in [6.07, 6.45) is 6.37. The molecular weight excluding hydrogens is 224 g/mol. The van der Waals surface area contributed by atoms with E-state index in [1.54, 1.807) is 0 Å². The molecule has 1 rings (SSSR count). The minimum atomic E-state index is 0.0921. The van der Waals surface area contributed by atoms with Crippen LogP contribution in [-0.2, 0) is 6.54 Å². The van der Waals surface area contributed by atoms with Crippen molar-refractivity contribution in [3.8, 4) is 0 Å². The molecule has 4 nitrogen and oxygen atoms in total. The quantitative estimate of drug-likeness (QED) is 0.808. The number of nitrogens with one attached hydrogen (secondary N) is 1. The topological polar surface area (TPSA) is 33.1 Å². The molecule has 0 aliphatic rings. The van der Waals surface area contributed by atoms with Crippen LogP contribution < -0.4 is 5.32 Å². The van der Waals surface area contributed by atoms with Gasteiger partial charge in [0.15, 0.2) is 0 Å². The molecule has 1 aromatic heterocycles. The second kappa shape index (κ2) is 6.34. The SMILES string of the molecule is CCCn1cc(C(NC)C(C)(CC)N(C)C)cn1. The minimum absolute atomic E-state index is 0.0921. The molecule has 0 fully saturated rings. The fraction of sp³-hybridized carbons (Fsp3) is 0.786. The van der Waals surface area contributed by atoms with Gasteiger partial charge in [-0.1, -0.05) is 13.8 Å². The Balaban J connectivity index is 3.00. The molecule has 4 heteroatoms. The molecule has 0 saturated carbocycles. The van der Waals surface area contributed by atoms with Crippen LogP contribution in [0.3, 0.4) is 0 Å². The first-order valence-corrected chi connectivity index (χ1v) is 6.86. The third-order valence-corrected chi connectivity index (χ3v) is 4.09. The Hall–Kier alpha value is -0.870. The maximum absolute atomic E-state index is 4.44. The number of rotatable bonds is 7. The van der Waals surface area contributed by atoms with E-state index >= 15 is 0 Å². The smallest absolute Gasteiger partial charge is 0.0538 e. The monoisotopic (exact) mass is 252 g/mol. The summed E-state index contributed by atoms with van der Waals surface area (Å²) in [5.41, 5.74) is 1.36. The first kappa shape index (κ1) is 15.2. The highest BCUT2D eigenvalue weighted by atomic mass is 15.3. The second-order valence-corrected chi connectivity index (χ2v) is 5.36. The third-order valence-electron chi connectivity index (χ3n) is 4.09. The number of aromatic nitrogens is 2. The summed E-state index contributed by atoms with van der Waals surface area (Å²) in [6, 6.07) is 0.295. The molecule has 0 aromatic carbocycles. The van der Waals surface area contributed by atoms with Gasteiger partial charge in [0.2, 0.25) is 0 Å². The highest BCUT2D eigenvalue weighted by molar-refractivity contribution is 5.17. The van der Waals surface area contributed by atoms with Crippen LogP contribution in [-0.4, -0.2) is 41.4 Å². The number of hydrogen-bond donors (Lipinski definition) is 1. The van der Waals surface area contributed by atoms with Gasteiger partial charge in [0, 0.05) is 23.8 Å². The van der Waals surface area contributed by atoms with Crippen molar-refractivity contribution in [1.29, 1.82) is 0 Å². The normalized spacial score (nSPS) is 16.8. The van der Waals surface area contributed by atoms with Crippen LogP contribution in [0.5, 0.6) is 0 Å². The molecule has 1 aromatic rings. The van der Waals surface area contributed by atoms with Crippen molar-refractivity contribution < 1.29 is 0 Å². The number of likely N-dealkylation sites (N-methyl/N-ethyl adjacent to an activating group) is 2. The van der Waals surface area contributed by atoms with Gasteiger partial charge < -0.3 is 10.2 Å². The van der Waals surface area contributed by atoms with Crippen molar-refractivity contribution in [3.05, 3.63) is 18.0 Å². The van der Waals surface area contributed by atoms with Gasteiger partial charge in [-0.2, -0.15) is 5.10 Å². The first-order chi connectivity index (χ1) is 8.49. The zero-order valence-electron chi connectivity index (χ0n) is 12.7. The van der Waals surface area contributed by atoms with E-state index < -0.39 is 0 Å². The molecule has 0 radical (unpaired) electrons. The van der Waals surface area contributed by atoms with Gasteiger partial charge in [-0.15, -0.1) is 0 Å². The van der Waals surface area contributed by atoms with Crippen LogP contribution in [0.1, 0.15) is 45.2 Å². The summed E-state index contributed by atoms with van der Waals surface area (Å²) in [4.78, 5) is 2.30. The lowest BCUT2D eigenvalue weighted by atomic mass is 9.85. The van der Waals surface area contributed by atoms with Gasteiger partial charge >= 0.3 is 0 Å². The molecule has 0 aliphatic heterocycles. The van der Waals surface area contributed by atoms with E-state index in [0.29, 0.717) is 6.04 Å². The van der Waals surface area contributed by atoms with Gasteiger partial charge in [-0.25, -0.2) is 0 Å². The number of nitrogens with zero attached hydrogens (tertiary/aromatic N) is 3. The summed E-state index contributed by atoms with van der Waals surface area (Å²) >= 11 is 0. The zero-order valence-corrected chi connectivity index (χ0v) is 12.7. The molecule has 0 saturated heterocycles. The van der Waals surface area contributed by atoms with Crippen molar-refractivity contribution >= 4 is 0 Å². The molecule has 0 bridgehead atoms. The maximum Gasteiger partial charge on any atom is 0.0538 e. The van der Waals surface area contributed by atoms with E-state index in [4.69, 9.17) is 0 Å². The van der Waals surface area contributed by atoms with E-state index in [2.05, 4.69) is 56.4 Å². The lowest BCUT2D eigenvalue weighted by Gasteiger charge is -2.42. The zero-order chi connectivity index (χ0) is 13.8. The van der Waals surface area contributed by atoms with Crippen LogP contribution >= 0.6 is 0 Å². The summed E-state index contributed by atoms with van der Waals surface area (Å²) in [5.74, 6) is 0. The molecular formula is C14H28N4. The maximum atomic E-state index is 4.44. The Labute approximate surface area is 111 Å². The summed E-state index contributed by atoms with van der Waals surface area (Å²) in [7, 11) is 6.31. The predicted molar refractivity (Wildman–Crippen MR) is 76.7 cm³/mol. The molecule has 2 atom stereocenters. The summed E-state index contributed by atoms with van der Waals surface area (Å²) in [5, 5.41) is 7.89.